The van der Waals surface area contributed by atoms with E-state index in [4.69, 9.17) is 4.84 Å². The van der Waals surface area contributed by atoms with Gasteiger partial charge in [0.15, 0.2) is 6.10 Å². The van der Waals surface area contributed by atoms with E-state index < -0.39 is 18.1 Å². The minimum absolute atomic E-state index is 0.227. The van der Waals surface area contributed by atoms with Gasteiger partial charge in [-0.25, -0.2) is 9.96 Å². The molecular formula is C26H25N3O3. The van der Waals surface area contributed by atoms with Crippen molar-refractivity contribution in [3.8, 4) is 0 Å². The first kappa shape index (κ1) is 20.3. The van der Waals surface area contributed by atoms with E-state index in [0.717, 1.165) is 22.5 Å². The van der Waals surface area contributed by atoms with Gasteiger partial charge in [0.05, 0.1) is 17.4 Å². The number of carbonyl (C=O) groups excluding carboxylic acids is 2. The summed E-state index contributed by atoms with van der Waals surface area (Å²) >= 11 is 0. The summed E-state index contributed by atoms with van der Waals surface area (Å²) in [6.07, 6.45) is -0.860. The van der Waals surface area contributed by atoms with Gasteiger partial charge in [0.2, 0.25) is 5.91 Å². The van der Waals surface area contributed by atoms with Crippen LogP contribution in [0.3, 0.4) is 0 Å². The van der Waals surface area contributed by atoms with Gasteiger partial charge in [-0.05, 0) is 48.4 Å². The number of benzene rings is 3. The maximum Gasteiger partial charge on any atom is 0.266 e. The molecular weight excluding hydrogens is 402 g/mol. The van der Waals surface area contributed by atoms with E-state index in [2.05, 4.69) is 0 Å². The van der Waals surface area contributed by atoms with Crippen molar-refractivity contribution in [2.75, 3.05) is 29.0 Å². The number of rotatable bonds is 4. The number of nitrogens with zero attached hydrogens (tertiary/aromatic N) is 3. The molecule has 0 saturated carbocycles. The van der Waals surface area contributed by atoms with E-state index in [1.807, 2.05) is 105 Å². The molecule has 32 heavy (non-hydrogen) atoms. The van der Waals surface area contributed by atoms with E-state index in [1.165, 1.54) is 4.90 Å². The fourth-order valence-electron chi connectivity index (χ4n) is 4.57. The SMILES string of the molecule is Cc1ccccc1N1C(=O)[C@@H]2[C@@H](ON(c3ccccc3)[C@H]2c2ccc(N(C)C)cc2)C1=O. The number of amides is 2. The van der Waals surface area contributed by atoms with E-state index >= 15 is 0 Å². The highest BCUT2D eigenvalue weighted by Crippen LogP contribution is 2.48. The van der Waals surface area contributed by atoms with Crippen LogP contribution in [0.25, 0.3) is 0 Å². The second-order valence-corrected chi connectivity index (χ2v) is 8.44. The third kappa shape index (κ3) is 3.15. The molecule has 2 heterocycles. The lowest BCUT2D eigenvalue weighted by atomic mass is 9.90. The highest BCUT2D eigenvalue weighted by atomic mass is 16.7. The van der Waals surface area contributed by atoms with Crippen molar-refractivity contribution in [3.63, 3.8) is 0 Å². The lowest BCUT2D eigenvalue weighted by Gasteiger charge is -2.29. The molecule has 2 amide bonds. The fraction of sp³-hybridized carbons (Fsp3) is 0.231. The second-order valence-electron chi connectivity index (χ2n) is 8.44. The Morgan fingerprint density at radius 3 is 2.12 bits per heavy atom. The topological polar surface area (TPSA) is 53.1 Å². The number of imide groups is 1. The first-order valence-corrected chi connectivity index (χ1v) is 10.7. The van der Waals surface area contributed by atoms with Crippen molar-refractivity contribution in [3.05, 3.63) is 90.0 Å². The Kier molecular flexibility index (Phi) is 4.94. The van der Waals surface area contributed by atoms with Crippen LogP contribution in [0, 0.1) is 12.8 Å². The van der Waals surface area contributed by atoms with Gasteiger partial charge in [-0.15, -0.1) is 0 Å². The zero-order valence-corrected chi connectivity index (χ0v) is 18.3. The molecule has 6 heteroatoms. The first-order chi connectivity index (χ1) is 15.5. The zero-order valence-electron chi connectivity index (χ0n) is 18.3. The van der Waals surface area contributed by atoms with Crippen LogP contribution < -0.4 is 14.9 Å². The van der Waals surface area contributed by atoms with Crippen LogP contribution in [0.2, 0.25) is 0 Å². The van der Waals surface area contributed by atoms with Crippen LogP contribution in [0.1, 0.15) is 17.2 Å². The van der Waals surface area contributed by atoms with Crippen molar-refractivity contribution >= 4 is 28.9 Å². The number of carbonyl (C=O) groups is 2. The van der Waals surface area contributed by atoms with Crippen LogP contribution in [0.15, 0.2) is 78.9 Å². The largest absolute Gasteiger partial charge is 0.378 e. The van der Waals surface area contributed by atoms with Gasteiger partial charge >= 0.3 is 0 Å². The molecule has 3 aromatic rings. The highest BCUT2D eigenvalue weighted by molar-refractivity contribution is 6.24. The third-order valence-corrected chi connectivity index (χ3v) is 6.23. The number of fused-ring (bicyclic) bond motifs is 1. The number of para-hydroxylation sites is 2. The number of hydrogen-bond acceptors (Lipinski definition) is 5. The average molecular weight is 428 g/mol. The summed E-state index contributed by atoms with van der Waals surface area (Å²) in [7, 11) is 3.97. The van der Waals surface area contributed by atoms with Crippen molar-refractivity contribution in [2.45, 2.75) is 19.1 Å². The predicted molar refractivity (Wildman–Crippen MR) is 124 cm³/mol. The average Bonchev–Trinajstić information content (AvgIpc) is 3.31. The van der Waals surface area contributed by atoms with Gasteiger partial charge < -0.3 is 4.90 Å². The molecule has 6 nitrogen and oxygen atoms in total. The Morgan fingerprint density at radius 2 is 1.47 bits per heavy atom. The molecule has 3 atom stereocenters. The fourth-order valence-corrected chi connectivity index (χ4v) is 4.57. The predicted octanol–water partition coefficient (Wildman–Crippen LogP) is 4.11. The number of hydroxylamine groups is 1. The Bertz CT molecular complexity index is 1160. The maximum atomic E-state index is 13.7. The van der Waals surface area contributed by atoms with E-state index in [-0.39, 0.29) is 11.8 Å². The van der Waals surface area contributed by atoms with E-state index in [1.54, 1.807) is 5.06 Å². The molecule has 0 bridgehead atoms. The summed E-state index contributed by atoms with van der Waals surface area (Å²) in [6.45, 7) is 1.90. The number of anilines is 3. The molecule has 2 aliphatic heterocycles. The number of aryl methyl sites for hydroxylation is 1. The monoisotopic (exact) mass is 427 g/mol. The van der Waals surface area contributed by atoms with Crippen LogP contribution >= 0.6 is 0 Å². The minimum Gasteiger partial charge on any atom is -0.378 e. The van der Waals surface area contributed by atoms with Gasteiger partial charge in [0.1, 0.15) is 5.92 Å². The molecule has 0 aliphatic carbocycles. The lowest BCUT2D eigenvalue weighted by molar-refractivity contribution is -0.126. The van der Waals surface area contributed by atoms with Gasteiger partial charge in [0.25, 0.3) is 5.91 Å². The summed E-state index contributed by atoms with van der Waals surface area (Å²) in [6, 6.07) is 24.7. The van der Waals surface area contributed by atoms with Gasteiger partial charge in [-0.1, -0.05) is 48.5 Å². The number of hydrogen-bond donors (Lipinski definition) is 0. The maximum absolute atomic E-state index is 13.7. The van der Waals surface area contributed by atoms with Crippen molar-refractivity contribution < 1.29 is 14.4 Å². The molecule has 0 unspecified atom stereocenters. The quantitative estimate of drug-likeness (QED) is 0.587. The molecule has 162 valence electrons. The molecule has 0 spiro atoms. The molecule has 2 saturated heterocycles. The van der Waals surface area contributed by atoms with Gasteiger partial charge in [0, 0.05) is 19.8 Å². The highest BCUT2D eigenvalue weighted by Gasteiger charge is 2.60. The van der Waals surface area contributed by atoms with Crippen LogP contribution in [-0.4, -0.2) is 32.0 Å². The zero-order chi connectivity index (χ0) is 22.4. The van der Waals surface area contributed by atoms with Crippen LogP contribution in [0.4, 0.5) is 17.1 Å². The van der Waals surface area contributed by atoms with Crippen LogP contribution in [-0.2, 0) is 14.4 Å². The third-order valence-electron chi connectivity index (χ3n) is 6.23. The molecule has 0 N–H and O–H groups in total. The van der Waals surface area contributed by atoms with Crippen molar-refractivity contribution in [1.82, 2.24) is 0 Å². The Balaban J connectivity index is 1.58. The first-order valence-electron chi connectivity index (χ1n) is 10.7. The second kappa shape index (κ2) is 7.80. The normalized spacial score (nSPS) is 22.4. The standard InChI is InChI=1S/C26H25N3O3/c1-17-9-7-8-12-21(17)28-25(30)22-23(18-13-15-19(16-14-18)27(2)3)29(32-24(22)26(28)31)20-10-5-4-6-11-20/h4-16,22-24H,1-3H3/t22-,23-,24+/m0/s1. The van der Waals surface area contributed by atoms with Crippen molar-refractivity contribution in [1.29, 1.82) is 0 Å². The molecule has 2 fully saturated rings. The summed E-state index contributed by atoms with van der Waals surface area (Å²) in [5.74, 6) is -1.18. The summed E-state index contributed by atoms with van der Waals surface area (Å²) in [4.78, 5) is 36.6. The molecule has 5 rings (SSSR count). The molecule has 0 radical (unpaired) electrons. The minimum atomic E-state index is -0.860. The Hall–Kier alpha value is -3.64. The van der Waals surface area contributed by atoms with Gasteiger partial charge in [-0.2, -0.15) is 0 Å². The van der Waals surface area contributed by atoms with Crippen molar-refractivity contribution in [2.24, 2.45) is 5.92 Å². The lowest BCUT2D eigenvalue weighted by Crippen LogP contribution is -2.37. The Morgan fingerprint density at radius 1 is 0.812 bits per heavy atom. The molecule has 3 aromatic carbocycles. The summed E-state index contributed by atoms with van der Waals surface area (Å²) in [5, 5.41) is 1.73. The summed E-state index contributed by atoms with van der Waals surface area (Å²) < 4.78 is 0. The molecule has 2 aliphatic rings. The smallest absolute Gasteiger partial charge is 0.266 e. The summed E-state index contributed by atoms with van der Waals surface area (Å²) in [5.41, 5.74) is 4.30. The van der Waals surface area contributed by atoms with Crippen LogP contribution in [0.5, 0.6) is 0 Å². The molecule has 0 aromatic heterocycles. The van der Waals surface area contributed by atoms with Gasteiger partial charge in [-0.3, -0.25) is 14.4 Å². The Labute approximate surface area is 187 Å². The van der Waals surface area contributed by atoms with E-state index in [9.17, 15) is 9.59 Å². The van der Waals surface area contributed by atoms with E-state index in [0.29, 0.717) is 5.69 Å².